The third kappa shape index (κ3) is 3.21. The van der Waals surface area contributed by atoms with Crippen LogP contribution in [0.2, 0.25) is 0 Å². The molecule has 1 aliphatic heterocycles. The van der Waals surface area contributed by atoms with Gasteiger partial charge in [0.25, 0.3) is 0 Å². The van der Waals surface area contributed by atoms with Gasteiger partial charge in [-0.2, -0.15) is 0 Å². The summed E-state index contributed by atoms with van der Waals surface area (Å²) < 4.78 is 30.4. The molecule has 1 aromatic heterocycles. The summed E-state index contributed by atoms with van der Waals surface area (Å²) in [5.74, 6) is -0.809. The van der Waals surface area contributed by atoms with Gasteiger partial charge in [0.15, 0.2) is 5.43 Å². The summed E-state index contributed by atoms with van der Waals surface area (Å²) in [5.41, 5.74) is 1.79. The van der Waals surface area contributed by atoms with Crippen molar-refractivity contribution in [3.8, 4) is 11.1 Å². The van der Waals surface area contributed by atoms with Crippen LogP contribution in [0.3, 0.4) is 0 Å². The maximum atomic E-state index is 14.8. The predicted molar refractivity (Wildman–Crippen MR) is 104 cm³/mol. The molecule has 0 atom stereocenters. The van der Waals surface area contributed by atoms with Gasteiger partial charge < -0.3 is 14.8 Å². The number of aromatic nitrogens is 1. The van der Waals surface area contributed by atoms with Crippen LogP contribution in [-0.4, -0.2) is 30.7 Å². The molecule has 0 radical (unpaired) electrons. The maximum absolute atomic E-state index is 14.8. The Kier molecular flexibility index (Phi) is 4.66. The highest BCUT2D eigenvalue weighted by Crippen LogP contribution is 2.27. The van der Waals surface area contributed by atoms with Crippen molar-refractivity contribution in [2.45, 2.75) is 13.5 Å². The van der Waals surface area contributed by atoms with Gasteiger partial charge in [-0.1, -0.05) is 12.1 Å². The number of hydrogen-bond donors (Lipinski definition) is 1. The van der Waals surface area contributed by atoms with Crippen LogP contribution >= 0.6 is 0 Å². The second-order valence-corrected chi connectivity index (χ2v) is 6.73. The van der Waals surface area contributed by atoms with E-state index < -0.39 is 11.6 Å². The number of hydrogen-bond acceptors (Lipinski definition) is 3. The van der Waals surface area contributed by atoms with E-state index in [1.807, 2.05) is 16.4 Å². The zero-order valence-corrected chi connectivity index (χ0v) is 15.1. The van der Waals surface area contributed by atoms with Crippen molar-refractivity contribution in [3.05, 3.63) is 64.5 Å². The summed E-state index contributed by atoms with van der Waals surface area (Å²) in [6.45, 7) is 5.63. The minimum atomic E-state index is -0.407. The monoisotopic (exact) mass is 369 g/mol. The van der Waals surface area contributed by atoms with E-state index >= 15 is 0 Å². The Morgan fingerprint density at radius 3 is 2.59 bits per heavy atom. The average Bonchev–Trinajstić information content (AvgIpc) is 2.69. The fraction of sp³-hybridized carbons (Fsp3) is 0.286. The van der Waals surface area contributed by atoms with Crippen LogP contribution in [-0.2, 0) is 6.54 Å². The van der Waals surface area contributed by atoms with Crippen molar-refractivity contribution in [2.75, 3.05) is 31.1 Å². The average molecular weight is 369 g/mol. The van der Waals surface area contributed by atoms with Gasteiger partial charge in [0.1, 0.15) is 11.6 Å². The second-order valence-electron chi connectivity index (χ2n) is 6.73. The number of nitrogens with zero attached hydrogens (tertiary/aromatic N) is 2. The van der Waals surface area contributed by atoms with Gasteiger partial charge >= 0.3 is 0 Å². The molecule has 6 heteroatoms. The number of fused-ring (bicyclic) bond motifs is 1. The third-order valence-electron chi connectivity index (χ3n) is 5.08. The van der Waals surface area contributed by atoms with E-state index in [-0.39, 0.29) is 5.43 Å². The number of anilines is 1. The first-order valence-electron chi connectivity index (χ1n) is 9.17. The van der Waals surface area contributed by atoms with Gasteiger partial charge in [0.05, 0.1) is 11.2 Å². The van der Waals surface area contributed by atoms with E-state index in [0.717, 1.165) is 26.2 Å². The lowest BCUT2D eigenvalue weighted by atomic mass is 10.0. The summed E-state index contributed by atoms with van der Waals surface area (Å²) >= 11 is 0. The number of nitrogens with one attached hydrogen (secondary N) is 1. The largest absolute Gasteiger partial charge is 0.367 e. The number of rotatable bonds is 3. The van der Waals surface area contributed by atoms with Gasteiger partial charge in [-0.25, -0.2) is 8.78 Å². The van der Waals surface area contributed by atoms with Crippen LogP contribution in [0.1, 0.15) is 6.92 Å². The zero-order valence-electron chi connectivity index (χ0n) is 15.1. The Morgan fingerprint density at radius 2 is 1.89 bits per heavy atom. The number of piperazine rings is 1. The Morgan fingerprint density at radius 1 is 1.11 bits per heavy atom. The SMILES string of the molecule is CCn1cc(-c2cccc(F)c2)c(=O)c2cc(F)c(N3CCNCC3)cc21. The molecule has 2 aromatic carbocycles. The van der Waals surface area contributed by atoms with Crippen molar-refractivity contribution in [1.29, 1.82) is 0 Å². The molecule has 1 fully saturated rings. The number of benzene rings is 2. The van der Waals surface area contributed by atoms with Crippen LogP contribution in [0.5, 0.6) is 0 Å². The molecule has 0 saturated carbocycles. The lowest BCUT2D eigenvalue weighted by Crippen LogP contribution is -2.43. The van der Waals surface area contributed by atoms with E-state index in [2.05, 4.69) is 5.32 Å². The molecule has 140 valence electrons. The first-order chi connectivity index (χ1) is 13.1. The minimum absolute atomic E-state index is 0.286. The van der Waals surface area contributed by atoms with Crippen LogP contribution in [0.25, 0.3) is 22.0 Å². The molecule has 0 spiro atoms. The summed E-state index contributed by atoms with van der Waals surface area (Å²) in [7, 11) is 0. The first kappa shape index (κ1) is 17.7. The Hall–Kier alpha value is -2.73. The highest BCUT2D eigenvalue weighted by atomic mass is 19.1. The summed E-state index contributed by atoms with van der Waals surface area (Å²) in [6.07, 6.45) is 1.74. The van der Waals surface area contributed by atoms with Crippen molar-refractivity contribution < 1.29 is 8.78 Å². The summed E-state index contributed by atoms with van der Waals surface area (Å²) in [6, 6.07) is 9.01. The number of pyridine rings is 1. The zero-order chi connectivity index (χ0) is 19.0. The van der Waals surface area contributed by atoms with Crippen LogP contribution in [0.4, 0.5) is 14.5 Å². The van der Waals surface area contributed by atoms with E-state index in [4.69, 9.17) is 0 Å². The Balaban J connectivity index is 1.93. The molecule has 0 amide bonds. The van der Waals surface area contributed by atoms with Crippen molar-refractivity contribution in [1.82, 2.24) is 9.88 Å². The molecule has 4 rings (SSSR count). The molecule has 0 aliphatic carbocycles. The summed E-state index contributed by atoms with van der Waals surface area (Å²) in [5, 5.41) is 3.57. The third-order valence-corrected chi connectivity index (χ3v) is 5.08. The lowest BCUT2D eigenvalue weighted by molar-refractivity contribution is 0.567. The van der Waals surface area contributed by atoms with Gasteiger partial charge in [-0.3, -0.25) is 4.79 Å². The fourth-order valence-corrected chi connectivity index (χ4v) is 3.67. The van der Waals surface area contributed by atoms with E-state index in [9.17, 15) is 13.6 Å². The van der Waals surface area contributed by atoms with Crippen molar-refractivity contribution in [2.24, 2.45) is 0 Å². The highest BCUT2D eigenvalue weighted by Gasteiger charge is 2.19. The topological polar surface area (TPSA) is 37.3 Å². The predicted octanol–water partition coefficient (Wildman–Crippen LogP) is 3.38. The smallest absolute Gasteiger partial charge is 0.197 e. The molecule has 27 heavy (non-hydrogen) atoms. The van der Waals surface area contributed by atoms with Crippen molar-refractivity contribution >= 4 is 16.6 Å². The van der Waals surface area contributed by atoms with Crippen LogP contribution in [0.15, 0.2) is 47.4 Å². The molecule has 4 nitrogen and oxygen atoms in total. The van der Waals surface area contributed by atoms with Gasteiger partial charge in [0.2, 0.25) is 0 Å². The Labute approximate surface area is 156 Å². The lowest BCUT2D eigenvalue weighted by Gasteiger charge is -2.30. The van der Waals surface area contributed by atoms with Crippen LogP contribution < -0.4 is 15.6 Å². The molecule has 1 saturated heterocycles. The van der Waals surface area contributed by atoms with Gasteiger partial charge in [-0.05, 0) is 36.8 Å². The second kappa shape index (κ2) is 7.12. The molecular formula is C21H21F2N3O. The molecule has 0 bridgehead atoms. The fourth-order valence-electron chi connectivity index (χ4n) is 3.67. The van der Waals surface area contributed by atoms with Gasteiger partial charge in [-0.15, -0.1) is 0 Å². The summed E-state index contributed by atoms with van der Waals surface area (Å²) in [4.78, 5) is 15.0. The maximum Gasteiger partial charge on any atom is 0.197 e. The molecule has 2 heterocycles. The van der Waals surface area contributed by atoms with E-state index in [0.29, 0.717) is 34.3 Å². The minimum Gasteiger partial charge on any atom is -0.367 e. The number of halogens is 2. The molecule has 1 aliphatic rings. The van der Waals surface area contributed by atoms with E-state index in [1.54, 1.807) is 24.4 Å². The molecular weight excluding hydrogens is 348 g/mol. The van der Waals surface area contributed by atoms with E-state index in [1.165, 1.54) is 18.2 Å². The highest BCUT2D eigenvalue weighted by molar-refractivity contribution is 5.87. The quantitative estimate of drug-likeness (QED) is 0.769. The molecule has 1 N–H and O–H groups in total. The van der Waals surface area contributed by atoms with Gasteiger partial charge in [0, 0.05) is 49.9 Å². The standard InChI is InChI=1S/C21H21F2N3O/c1-2-25-13-17(14-4-3-5-15(22)10-14)21(27)16-11-18(23)20(12-19(16)25)26-8-6-24-7-9-26/h3-5,10-13,24H,2,6-9H2,1H3. The molecule has 3 aromatic rings. The van der Waals surface area contributed by atoms with Crippen molar-refractivity contribution in [3.63, 3.8) is 0 Å². The molecule has 0 unspecified atom stereocenters. The normalized spacial score (nSPS) is 14.7. The van der Waals surface area contributed by atoms with Crippen LogP contribution in [0, 0.1) is 11.6 Å². The Bertz CT molecular complexity index is 1060. The first-order valence-corrected chi connectivity index (χ1v) is 9.17. The number of aryl methyl sites for hydroxylation is 1.